The van der Waals surface area contributed by atoms with Crippen LogP contribution in [0.5, 0.6) is 0 Å². The SMILES string of the molecule is CC(C)c1nc([C@H]2NC(=O)c3cccnc3N2)cs1. The summed E-state index contributed by atoms with van der Waals surface area (Å²) in [5, 5.41) is 9.13. The number of fused-ring (bicyclic) bond motifs is 1. The van der Waals surface area contributed by atoms with Crippen LogP contribution in [0.1, 0.15) is 47.0 Å². The number of nitrogens with zero attached hydrogens (tertiary/aromatic N) is 2. The molecule has 1 amide bonds. The van der Waals surface area contributed by atoms with Crippen LogP contribution in [0.2, 0.25) is 0 Å². The van der Waals surface area contributed by atoms with Gasteiger partial charge in [0.1, 0.15) is 12.0 Å². The van der Waals surface area contributed by atoms with Crippen LogP contribution in [0.15, 0.2) is 23.7 Å². The largest absolute Gasteiger partial charge is 0.344 e. The van der Waals surface area contributed by atoms with Crippen LogP contribution in [0.3, 0.4) is 0 Å². The Hall–Kier alpha value is -1.95. The maximum Gasteiger partial charge on any atom is 0.256 e. The zero-order chi connectivity index (χ0) is 13.4. The smallest absolute Gasteiger partial charge is 0.256 e. The maximum absolute atomic E-state index is 12.0. The molecule has 0 saturated heterocycles. The van der Waals surface area contributed by atoms with Crippen molar-refractivity contribution in [3.05, 3.63) is 40.0 Å². The Labute approximate surface area is 115 Å². The number of carbonyl (C=O) groups excluding carboxylic acids is 1. The number of nitrogens with one attached hydrogen (secondary N) is 2. The van der Waals surface area contributed by atoms with Gasteiger partial charge in [0.2, 0.25) is 0 Å². The Morgan fingerprint density at radius 2 is 2.21 bits per heavy atom. The molecule has 5 nitrogen and oxygen atoms in total. The molecule has 2 N–H and O–H groups in total. The van der Waals surface area contributed by atoms with E-state index in [1.165, 1.54) is 0 Å². The van der Waals surface area contributed by atoms with Crippen LogP contribution in [0.4, 0.5) is 5.82 Å². The van der Waals surface area contributed by atoms with E-state index in [-0.39, 0.29) is 12.1 Å². The fraction of sp³-hybridized carbons (Fsp3) is 0.308. The van der Waals surface area contributed by atoms with Gasteiger partial charge in [0.25, 0.3) is 5.91 Å². The lowest BCUT2D eigenvalue weighted by atomic mass is 10.1. The quantitative estimate of drug-likeness (QED) is 0.883. The highest BCUT2D eigenvalue weighted by molar-refractivity contribution is 7.09. The molecule has 98 valence electrons. The van der Waals surface area contributed by atoms with Crippen molar-refractivity contribution < 1.29 is 4.79 Å². The number of carbonyl (C=O) groups is 1. The maximum atomic E-state index is 12.0. The Morgan fingerprint density at radius 3 is 2.95 bits per heavy atom. The van der Waals surface area contributed by atoms with Gasteiger partial charge in [0.05, 0.1) is 16.3 Å². The lowest BCUT2D eigenvalue weighted by Gasteiger charge is -2.25. The molecule has 3 rings (SSSR count). The van der Waals surface area contributed by atoms with Crippen LogP contribution < -0.4 is 10.6 Å². The molecule has 3 heterocycles. The van der Waals surface area contributed by atoms with Gasteiger partial charge in [-0.05, 0) is 12.1 Å². The minimum Gasteiger partial charge on any atom is -0.344 e. The number of pyridine rings is 1. The summed E-state index contributed by atoms with van der Waals surface area (Å²) in [7, 11) is 0. The molecule has 0 aliphatic carbocycles. The average Bonchev–Trinajstić information content (AvgIpc) is 2.88. The summed E-state index contributed by atoms with van der Waals surface area (Å²) in [6.07, 6.45) is 1.36. The van der Waals surface area contributed by atoms with Gasteiger partial charge in [-0.3, -0.25) is 4.79 Å². The van der Waals surface area contributed by atoms with E-state index in [1.807, 2.05) is 5.38 Å². The summed E-state index contributed by atoms with van der Waals surface area (Å²) in [5.74, 6) is 0.879. The number of rotatable bonds is 2. The third kappa shape index (κ3) is 2.19. The third-order valence-electron chi connectivity index (χ3n) is 2.94. The first-order valence-electron chi connectivity index (χ1n) is 6.13. The lowest BCUT2D eigenvalue weighted by molar-refractivity contribution is 0.0934. The molecular weight excluding hydrogens is 260 g/mol. The number of hydrogen-bond donors (Lipinski definition) is 2. The van der Waals surface area contributed by atoms with Crippen LogP contribution in [-0.4, -0.2) is 15.9 Å². The Balaban J connectivity index is 1.90. The molecule has 0 aromatic carbocycles. The fourth-order valence-corrected chi connectivity index (χ4v) is 2.79. The van der Waals surface area contributed by atoms with Crippen molar-refractivity contribution in [3.8, 4) is 0 Å². The summed E-state index contributed by atoms with van der Waals surface area (Å²) in [6, 6.07) is 3.50. The predicted molar refractivity (Wildman–Crippen MR) is 74.3 cm³/mol. The van der Waals surface area contributed by atoms with E-state index < -0.39 is 0 Å². The fourth-order valence-electron chi connectivity index (χ4n) is 1.93. The van der Waals surface area contributed by atoms with Crippen molar-refractivity contribution >= 4 is 23.1 Å². The van der Waals surface area contributed by atoms with Crippen molar-refractivity contribution in [1.82, 2.24) is 15.3 Å². The Morgan fingerprint density at radius 1 is 1.37 bits per heavy atom. The Bertz CT molecular complexity index is 623. The van der Waals surface area contributed by atoms with Gasteiger partial charge in [-0.25, -0.2) is 9.97 Å². The lowest BCUT2D eigenvalue weighted by Crippen LogP contribution is -2.39. The summed E-state index contributed by atoms with van der Waals surface area (Å²) < 4.78 is 0. The molecule has 1 aliphatic heterocycles. The minimum atomic E-state index is -0.307. The van der Waals surface area contributed by atoms with E-state index in [0.29, 0.717) is 17.3 Å². The average molecular weight is 274 g/mol. The minimum absolute atomic E-state index is 0.119. The summed E-state index contributed by atoms with van der Waals surface area (Å²) in [5.41, 5.74) is 1.40. The van der Waals surface area contributed by atoms with Crippen LogP contribution >= 0.6 is 11.3 Å². The number of hydrogen-bond acceptors (Lipinski definition) is 5. The van der Waals surface area contributed by atoms with Gasteiger partial charge in [-0.2, -0.15) is 0 Å². The zero-order valence-electron chi connectivity index (χ0n) is 10.7. The van der Waals surface area contributed by atoms with E-state index >= 15 is 0 Å². The van der Waals surface area contributed by atoms with Crippen molar-refractivity contribution in [1.29, 1.82) is 0 Å². The van der Waals surface area contributed by atoms with Gasteiger partial charge in [0, 0.05) is 17.5 Å². The highest BCUT2D eigenvalue weighted by atomic mass is 32.1. The highest BCUT2D eigenvalue weighted by Crippen LogP contribution is 2.27. The van der Waals surface area contributed by atoms with Crippen LogP contribution in [0.25, 0.3) is 0 Å². The van der Waals surface area contributed by atoms with Gasteiger partial charge in [-0.1, -0.05) is 13.8 Å². The van der Waals surface area contributed by atoms with Crippen LogP contribution in [-0.2, 0) is 0 Å². The number of thiazole rings is 1. The predicted octanol–water partition coefficient (Wildman–Crippen LogP) is 2.52. The van der Waals surface area contributed by atoms with E-state index in [9.17, 15) is 4.79 Å². The molecule has 0 spiro atoms. The number of amides is 1. The van der Waals surface area contributed by atoms with Gasteiger partial charge in [0.15, 0.2) is 0 Å². The monoisotopic (exact) mass is 274 g/mol. The molecule has 0 bridgehead atoms. The second-order valence-corrected chi connectivity index (χ2v) is 5.61. The summed E-state index contributed by atoms with van der Waals surface area (Å²) >= 11 is 1.61. The molecule has 1 aliphatic rings. The molecule has 0 saturated carbocycles. The summed E-state index contributed by atoms with van der Waals surface area (Å²) in [6.45, 7) is 4.21. The Kier molecular flexibility index (Phi) is 2.94. The first-order valence-corrected chi connectivity index (χ1v) is 7.01. The second kappa shape index (κ2) is 4.62. The molecule has 0 radical (unpaired) electrons. The van der Waals surface area contributed by atoms with E-state index in [2.05, 4.69) is 34.4 Å². The van der Waals surface area contributed by atoms with E-state index in [4.69, 9.17) is 0 Å². The van der Waals surface area contributed by atoms with Crippen molar-refractivity contribution in [2.45, 2.75) is 25.9 Å². The molecule has 19 heavy (non-hydrogen) atoms. The second-order valence-electron chi connectivity index (χ2n) is 4.72. The van der Waals surface area contributed by atoms with Crippen molar-refractivity contribution in [2.75, 3.05) is 5.32 Å². The summed E-state index contributed by atoms with van der Waals surface area (Å²) in [4.78, 5) is 20.7. The van der Waals surface area contributed by atoms with E-state index in [0.717, 1.165) is 10.7 Å². The highest BCUT2D eigenvalue weighted by Gasteiger charge is 2.26. The van der Waals surface area contributed by atoms with E-state index in [1.54, 1.807) is 29.7 Å². The number of anilines is 1. The molecule has 6 heteroatoms. The standard InChI is InChI=1S/C13H14N4OS/c1-7(2)13-15-9(6-19-13)11-16-10-8(12(18)17-11)4-3-5-14-10/h3-7,11H,1-2H3,(H,14,16)(H,17,18)/t11-/m1/s1. The number of aromatic nitrogens is 2. The van der Waals surface area contributed by atoms with Gasteiger partial charge in [-0.15, -0.1) is 11.3 Å². The third-order valence-corrected chi connectivity index (χ3v) is 4.10. The van der Waals surface area contributed by atoms with Crippen LogP contribution in [0, 0.1) is 0 Å². The first kappa shape index (κ1) is 12.1. The molecule has 0 unspecified atom stereocenters. The molecule has 0 fully saturated rings. The van der Waals surface area contributed by atoms with Crippen molar-refractivity contribution in [2.24, 2.45) is 0 Å². The zero-order valence-corrected chi connectivity index (χ0v) is 11.5. The van der Waals surface area contributed by atoms with Gasteiger partial charge >= 0.3 is 0 Å². The normalized spacial score (nSPS) is 17.8. The molecule has 2 aromatic heterocycles. The van der Waals surface area contributed by atoms with Crippen molar-refractivity contribution in [3.63, 3.8) is 0 Å². The molecule has 1 atom stereocenters. The molecular formula is C13H14N4OS. The first-order chi connectivity index (χ1) is 9.15. The van der Waals surface area contributed by atoms with Gasteiger partial charge < -0.3 is 10.6 Å². The topological polar surface area (TPSA) is 66.9 Å². The molecule has 2 aromatic rings.